The molecule has 4 rings (SSSR count). The van der Waals surface area contributed by atoms with Gasteiger partial charge < -0.3 is 15.5 Å². The summed E-state index contributed by atoms with van der Waals surface area (Å²) >= 11 is 0. The number of aromatic nitrogens is 1. The molecule has 1 aliphatic heterocycles. The topological polar surface area (TPSA) is 57.3 Å². The average molecular weight is 457 g/mol. The number of likely N-dealkylation sites (tertiary alicyclic amines) is 1. The molecular formula is C29H36N4O. The number of pyridine rings is 1. The molecule has 34 heavy (non-hydrogen) atoms. The Morgan fingerprint density at radius 1 is 0.971 bits per heavy atom. The molecule has 0 aliphatic carbocycles. The maximum absolute atomic E-state index is 11.8. The monoisotopic (exact) mass is 456 g/mol. The van der Waals surface area contributed by atoms with Crippen molar-refractivity contribution in [2.75, 3.05) is 26.2 Å². The zero-order valence-corrected chi connectivity index (χ0v) is 20.2. The van der Waals surface area contributed by atoms with Crippen LogP contribution in [-0.4, -0.2) is 42.0 Å². The lowest BCUT2D eigenvalue weighted by Crippen LogP contribution is -2.28. The second kappa shape index (κ2) is 12.4. The van der Waals surface area contributed by atoms with Crippen LogP contribution in [0, 0.1) is 6.92 Å². The number of nitrogens with zero attached hydrogens (tertiary/aromatic N) is 2. The van der Waals surface area contributed by atoms with Gasteiger partial charge in [-0.2, -0.15) is 0 Å². The normalized spacial score (nSPS) is 13.6. The number of nitrogens with one attached hydrogen (secondary N) is 2. The Hall–Kier alpha value is -3.02. The quantitative estimate of drug-likeness (QED) is 0.394. The molecule has 0 atom stereocenters. The molecule has 0 unspecified atom stereocenters. The summed E-state index contributed by atoms with van der Waals surface area (Å²) in [6.45, 7) is 7.43. The van der Waals surface area contributed by atoms with Crippen molar-refractivity contribution in [1.82, 2.24) is 20.5 Å². The number of rotatable bonds is 12. The van der Waals surface area contributed by atoms with Crippen molar-refractivity contribution >= 4 is 5.91 Å². The number of hydrogen-bond acceptors (Lipinski definition) is 4. The molecule has 1 fully saturated rings. The zero-order chi connectivity index (χ0) is 23.6. The zero-order valence-electron chi connectivity index (χ0n) is 20.2. The summed E-state index contributed by atoms with van der Waals surface area (Å²) < 4.78 is 0. The highest BCUT2D eigenvalue weighted by atomic mass is 16.2. The van der Waals surface area contributed by atoms with Crippen molar-refractivity contribution in [2.24, 2.45) is 0 Å². The first-order valence-corrected chi connectivity index (χ1v) is 12.5. The van der Waals surface area contributed by atoms with Crippen molar-refractivity contribution < 1.29 is 4.79 Å². The minimum Gasteiger partial charge on any atom is -0.343 e. The standard InChI is InChI=1S/C29H36N4O/c1-23-11-12-28(26(19-23)22-30-14-6-18-33-17-5-10-29(33)34)25-8-4-7-24(20-25)21-31-16-13-27-9-2-3-15-32-27/h2-4,7-9,11-12,15,19-20,30-31H,5-6,10,13-14,16-18,21-22H2,1H3. The molecule has 5 nitrogen and oxygen atoms in total. The van der Waals surface area contributed by atoms with E-state index >= 15 is 0 Å². The molecule has 0 radical (unpaired) electrons. The minimum absolute atomic E-state index is 0.312. The van der Waals surface area contributed by atoms with E-state index in [9.17, 15) is 4.79 Å². The van der Waals surface area contributed by atoms with Crippen molar-refractivity contribution in [1.29, 1.82) is 0 Å². The Morgan fingerprint density at radius 2 is 1.88 bits per heavy atom. The van der Waals surface area contributed by atoms with Crippen LogP contribution >= 0.6 is 0 Å². The van der Waals surface area contributed by atoms with Gasteiger partial charge in [-0.3, -0.25) is 9.78 Å². The third kappa shape index (κ3) is 6.99. The molecule has 3 aromatic rings. The summed E-state index contributed by atoms with van der Waals surface area (Å²) in [4.78, 5) is 18.2. The number of amides is 1. The molecule has 0 bridgehead atoms. The van der Waals surface area contributed by atoms with Crippen LogP contribution in [0.15, 0.2) is 66.9 Å². The number of carbonyl (C=O) groups excluding carboxylic acids is 1. The second-order valence-electron chi connectivity index (χ2n) is 9.12. The van der Waals surface area contributed by atoms with Gasteiger partial charge in [0.15, 0.2) is 0 Å². The molecule has 5 heteroatoms. The lowest BCUT2D eigenvalue weighted by Gasteiger charge is -2.16. The first-order chi connectivity index (χ1) is 16.7. The molecular weight excluding hydrogens is 420 g/mol. The van der Waals surface area contributed by atoms with Crippen molar-refractivity contribution in [3.8, 4) is 11.1 Å². The number of carbonyl (C=O) groups is 1. The first kappa shape index (κ1) is 24.1. The van der Waals surface area contributed by atoms with Crippen LogP contribution in [0.2, 0.25) is 0 Å². The Bertz CT molecular complexity index is 1070. The van der Waals surface area contributed by atoms with Gasteiger partial charge in [0.1, 0.15) is 0 Å². The number of hydrogen-bond donors (Lipinski definition) is 2. The van der Waals surface area contributed by atoms with Gasteiger partial charge in [-0.05, 0) is 66.8 Å². The molecule has 1 saturated heterocycles. The Labute approximate surface area is 203 Å². The molecule has 0 spiro atoms. The highest BCUT2D eigenvalue weighted by molar-refractivity contribution is 5.78. The predicted molar refractivity (Wildman–Crippen MR) is 138 cm³/mol. The summed E-state index contributed by atoms with van der Waals surface area (Å²) in [5.74, 6) is 0.312. The summed E-state index contributed by atoms with van der Waals surface area (Å²) in [5, 5.41) is 7.14. The van der Waals surface area contributed by atoms with Crippen molar-refractivity contribution in [3.05, 3.63) is 89.2 Å². The van der Waals surface area contributed by atoms with Crippen LogP contribution in [0.1, 0.15) is 41.6 Å². The van der Waals surface area contributed by atoms with Crippen molar-refractivity contribution in [3.63, 3.8) is 0 Å². The van der Waals surface area contributed by atoms with Gasteiger partial charge in [0.2, 0.25) is 5.91 Å². The van der Waals surface area contributed by atoms with Crippen LogP contribution in [0.3, 0.4) is 0 Å². The average Bonchev–Trinajstić information content (AvgIpc) is 3.27. The van der Waals surface area contributed by atoms with Crippen LogP contribution < -0.4 is 10.6 Å². The minimum atomic E-state index is 0.312. The number of benzene rings is 2. The highest BCUT2D eigenvalue weighted by Gasteiger charge is 2.18. The van der Waals surface area contributed by atoms with Gasteiger partial charge in [-0.15, -0.1) is 0 Å². The fourth-order valence-electron chi connectivity index (χ4n) is 4.55. The molecule has 178 valence electrons. The lowest BCUT2D eigenvalue weighted by molar-refractivity contribution is -0.127. The van der Waals surface area contributed by atoms with Crippen LogP contribution in [-0.2, 0) is 24.3 Å². The van der Waals surface area contributed by atoms with E-state index < -0.39 is 0 Å². The summed E-state index contributed by atoms with van der Waals surface area (Å²) in [6.07, 6.45) is 5.50. The van der Waals surface area contributed by atoms with Crippen LogP contribution in [0.25, 0.3) is 11.1 Å². The molecule has 1 aliphatic rings. The molecule has 0 saturated carbocycles. The molecule has 2 N–H and O–H groups in total. The van der Waals surface area contributed by atoms with E-state index in [1.54, 1.807) is 0 Å². The maximum atomic E-state index is 11.8. The molecule has 2 aromatic carbocycles. The fourth-order valence-corrected chi connectivity index (χ4v) is 4.55. The van der Waals surface area contributed by atoms with E-state index in [4.69, 9.17) is 0 Å². The van der Waals surface area contributed by atoms with E-state index in [1.165, 1.54) is 27.8 Å². The van der Waals surface area contributed by atoms with E-state index in [0.717, 1.165) is 70.6 Å². The van der Waals surface area contributed by atoms with Gasteiger partial charge >= 0.3 is 0 Å². The summed E-state index contributed by atoms with van der Waals surface area (Å²) in [6, 6.07) is 21.6. The smallest absolute Gasteiger partial charge is 0.222 e. The molecule has 1 aromatic heterocycles. The third-order valence-corrected chi connectivity index (χ3v) is 6.38. The second-order valence-corrected chi connectivity index (χ2v) is 9.12. The Balaban J connectivity index is 1.30. The maximum Gasteiger partial charge on any atom is 0.222 e. The highest BCUT2D eigenvalue weighted by Crippen LogP contribution is 2.26. The Morgan fingerprint density at radius 3 is 2.71 bits per heavy atom. The molecule has 2 heterocycles. The fraction of sp³-hybridized carbons (Fsp3) is 0.379. The van der Waals surface area contributed by atoms with E-state index in [1.807, 2.05) is 23.2 Å². The molecule has 1 amide bonds. The predicted octanol–water partition coefficient (Wildman–Crippen LogP) is 4.49. The van der Waals surface area contributed by atoms with Gasteiger partial charge in [0, 0.05) is 57.5 Å². The Kier molecular flexibility index (Phi) is 8.83. The van der Waals surface area contributed by atoms with Crippen LogP contribution in [0.5, 0.6) is 0 Å². The van der Waals surface area contributed by atoms with E-state index in [-0.39, 0.29) is 0 Å². The van der Waals surface area contributed by atoms with Crippen molar-refractivity contribution in [2.45, 2.75) is 45.7 Å². The van der Waals surface area contributed by atoms with E-state index in [2.05, 4.69) is 71.1 Å². The first-order valence-electron chi connectivity index (χ1n) is 12.5. The van der Waals surface area contributed by atoms with Gasteiger partial charge in [-0.1, -0.05) is 48.0 Å². The lowest BCUT2D eigenvalue weighted by atomic mass is 9.96. The largest absolute Gasteiger partial charge is 0.343 e. The number of aryl methyl sites for hydroxylation is 1. The summed E-state index contributed by atoms with van der Waals surface area (Å²) in [7, 11) is 0. The SMILES string of the molecule is Cc1ccc(-c2cccc(CNCCc3ccccn3)c2)c(CNCCCN2CCCC2=O)c1. The van der Waals surface area contributed by atoms with E-state index in [0.29, 0.717) is 5.91 Å². The van der Waals surface area contributed by atoms with Gasteiger partial charge in [0.05, 0.1) is 0 Å². The van der Waals surface area contributed by atoms with Gasteiger partial charge in [-0.25, -0.2) is 0 Å². The van der Waals surface area contributed by atoms with Gasteiger partial charge in [0.25, 0.3) is 0 Å². The summed E-state index contributed by atoms with van der Waals surface area (Å²) in [5.41, 5.74) is 7.53. The third-order valence-electron chi connectivity index (χ3n) is 6.38. The van der Waals surface area contributed by atoms with Crippen LogP contribution in [0.4, 0.5) is 0 Å².